The van der Waals surface area contributed by atoms with E-state index in [1.165, 1.54) is 10.9 Å². The molecule has 3 aromatic rings. The van der Waals surface area contributed by atoms with Gasteiger partial charge in [-0.2, -0.15) is 5.26 Å². The molecule has 4 rings (SSSR count). The number of carbonyl (C=O) groups is 1. The molecular formula is C22H25N7O3. The lowest BCUT2D eigenvalue weighted by Gasteiger charge is -2.33. The minimum absolute atomic E-state index is 0.182. The summed E-state index contributed by atoms with van der Waals surface area (Å²) in [5.74, 6) is -0.140. The Bertz CT molecular complexity index is 1260. The fraction of sp³-hybridized carbons (Fsp3) is 0.409. The lowest BCUT2D eigenvalue weighted by molar-refractivity contribution is -0.206. The Morgan fingerprint density at radius 3 is 2.62 bits per heavy atom. The zero-order valence-corrected chi connectivity index (χ0v) is 18.3. The number of aromatic nitrogens is 4. The number of hydroxylamine groups is 2. The largest absolute Gasteiger partial charge is 0.382 e. The van der Waals surface area contributed by atoms with Crippen LogP contribution in [0.1, 0.15) is 45.2 Å². The molecule has 1 aliphatic heterocycles. The van der Waals surface area contributed by atoms with Crippen molar-refractivity contribution in [2.75, 3.05) is 18.8 Å². The minimum atomic E-state index is -0.628. The maximum absolute atomic E-state index is 13.6. The Balaban J connectivity index is 1.77. The maximum Gasteiger partial charge on any atom is 0.335 e. The highest BCUT2D eigenvalue weighted by Gasteiger charge is 2.32. The van der Waals surface area contributed by atoms with Gasteiger partial charge in [-0.3, -0.25) is 9.13 Å². The molecule has 0 saturated carbocycles. The summed E-state index contributed by atoms with van der Waals surface area (Å²) in [6.07, 6.45) is 2.80. The maximum atomic E-state index is 13.6. The Labute approximate surface area is 184 Å². The Hall–Kier alpha value is -3.71. The molecule has 10 heteroatoms. The molecule has 0 spiro atoms. The number of benzene rings is 1. The standard InChI is InChI=1S/C22H25N7O3/c1-22(2,3)20(30)32-27-10-4-5-16(12-27)29-19-17(18(24)25-13-26-19)28(21(29)31)15-8-6-14(11-23)7-9-15/h6-9,13,16H,4-5,10,12H2,1-3H3,(H2,24,25,26). The zero-order valence-electron chi connectivity index (χ0n) is 18.3. The van der Waals surface area contributed by atoms with Gasteiger partial charge in [0.2, 0.25) is 0 Å². The topological polar surface area (TPSA) is 132 Å². The molecule has 10 nitrogen and oxygen atoms in total. The number of nitriles is 1. The molecule has 2 N–H and O–H groups in total. The van der Waals surface area contributed by atoms with Crippen molar-refractivity contribution in [3.8, 4) is 11.8 Å². The van der Waals surface area contributed by atoms with Crippen LogP contribution in [0.2, 0.25) is 0 Å². The molecule has 32 heavy (non-hydrogen) atoms. The average Bonchev–Trinajstić information content (AvgIpc) is 3.06. The van der Waals surface area contributed by atoms with Crippen molar-refractivity contribution >= 4 is 23.0 Å². The van der Waals surface area contributed by atoms with Crippen molar-refractivity contribution in [2.24, 2.45) is 5.41 Å². The number of hydrogen-bond donors (Lipinski definition) is 1. The third-order valence-corrected chi connectivity index (χ3v) is 5.48. The number of hydrogen-bond acceptors (Lipinski definition) is 8. The van der Waals surface area contributed by atoms with Gasteiger partial charge in [0.15, 0.2) is 11.5 Å². The molecule has 0 amide bonds. The summed E-state index contributed by atoms with van der Waals surface area (Å²) in [6, 6.07) is 8.46. The molecule has 1 aliphatic rings. The van der Waals surface area contributed by atoms with E-state index in [0.29, 0.717) is 35.5 Å². The lowest BCUT2D eigenvalue weighted by Crippen LogP contribution is -2.42. The van der Waals surface area contributed by atoms with Crippen LogP contribution in [0.15, 0.2) is 35.4 Å². The van der Waals surface area contributed by atoms with Gasteiger partial charge >= 0.3 is 11.7 Å². The van der Waals surface area contributed by atoms with Crippen molar-refractivity contribution in [2.45, 2.75) is 39.7 Å². The second kappa shape index (κ2) is 8.09. The summed E-state index contributed by atoms with van der Waals surface area (Å²) in [7, 11) is 0. The molecule has 2 aromatic heterocycles. The second-order valence-electron chi connectivity index (χ2n) is 8.89. The molecule has 0 aliphatic carbocycles. The first-order valence-corrected chi connectivity index (χ1v) is 10.4. The number of fused-ring (bicyclic) bond motifs is 1. The van der Waals surface area contributed by atoms with E-state index in [0.717, 1.165) is 12.8 Å². The van der Waals surface area contributed by atoms with Gasteiger partial charge in [0.1, 0.15) is 11.8 Å². The summed E-state index contributed by atoms with van der Waals surface area (Å²) in [5.41, 5.74) is 7.08. The van der Waals surface area contributed by atoms with Crippen molar-refractivity contribution in [3.05, 3.63) is 46.6 Å². The van der Waals surface area contributed by atoms with Crippen LogP contribution < -0.4 is 11.4 Å². The van der Waals surface area contributed by atoms with E-state index in [2.05, 4.69) is 16.0 Å². The fourth-order valence-electron chi connectivity index (χ4n) is 3.79. The first kappa shape index (κ1) is 21.5. The van der Waals surface area contributed by atoms with Crippen LogP contribution in [0.4, 0.5) is 5.82 Å². The normalized spacial score (nSPS) is 17.2. The molecule has 1 atom stereocenters. The lowest BCUT2D eigenvalue weighted by atomic mass is 9.98. The number of nitrogens with zero attached hydrogens (tertiary/aromatic N) is 6. The number of nitrogens with two attached hydrogens (primary N) is 1. The third kappa shape index (κ3) is 3.83. The summed E-state index contributed by atoms with van der Waals surface area (Å²) < 4.78 is 3.06. The molecule has 0 bridgehead atoms. The Morgan fingerprint density at radius 1 is 1.25 bits per heavy atom. The first-order valence-electron chi connectivity index (χ1n) is 10.4. The summed E-state index contributed by atoms with van der Waals surface area (Å²) >= 11 is 0. The number of anilines is 1. The average molecular weight is 435 g/mol. The highest BCUT2D eigenvalue weighted by molar-refractivity contribution is 5.84. The van der Waals surface area contributed by atoms with Crippen molar-refractivity contribution in [1.29, 1.82) is 5.26 Å². The van der Waals surface area contributed by atoms with E-state index >= 15 is 0 Å². The number of piperidine rings is 1. The van der Waals surface area contributed by atoms with E-state index < -0.39 is 5.41 Å². The van der Waals surface area contributed by atoms with Gasteiger partial charge in [0.25, 0.3) is 0 Å². The van der Waals surface area contributed by atoms with Crippen LogP contribution in [0.3, 0.4) is 0 Å². The Kier molecular flexibility index (Phi) is 5.44. The Morgan fingerprint density at radius 2 is 1.97 bits per heavy atom. The van der Waals surface area contributed by atoms with Crippen molar-refractivity contribution in [1.82, 2.24) is 24.2 Å². The smallest absolute Gasteiger partial charge is 0.335 e. The number of imidazole rings is 1. The third-order valence-electron chi connectivity index (χ3n) is 5.48. The van der Waals surface area contributed by atoms with Crippen LogP contribution in [0.25, 0.3) is 16.9 Å². The summed E-state index contributed by atoms with van der Waals surface area (Å²) in [5, 5.41) is 10.7. The SMILES string of the molecule is CC(C)(C)C(=O)ON1CCCC(n2c(=O)n(-c3ccc(C#N)cc3)c3c(N)ncnc32)C1. The van der Waals surface area contributed by atoms with Crippen LogP contribution in [0, 0.1) is 16.7 Å². The van der Waals surface area contributed by atoms with Gasteiger partial charge in [0.05, 0.1) is 35.3 Å². The molecular weight excluding hydrogens is 410 g/mol. The van der Waals surface area contributed by atoms with E-state index in [-0.39, 0.29) is 23.5 Å². The van der Waals surface area contributed by atoms with E-state index in [1.807, 2.05) is 0 Å². The van der Waals surface area contributed by atoms with Crippen molar-refractivity contribution < 1.29 is 9.63 Å². The van der Waals surface area contributed by atoms with Crippen molar-refractivity contribution in [3.63, 3.8) is 0 Å². The molecule has 3 heterocycles. The quantitative estimate of drug-likeness (QED) is 0.662. The molecule has 1 unspecified atom stereocenters. The molecule has 166 valence electrons. The molecule has 1 saturated heterocycles. The minimum Gasteiger partial charge on any atom is -0.382 e. The predicted octanol–water partition coefficient (Wildman–Crippen LogP) is 2.18. The number of nitrogen functional groups attached to an aromatic ring is 1. The monoisotopic (exact) mass is 435 g/mol. The number of carbonyl (C=O) groups excluding carboxylic acids is 1. The first-order chi connectivity index (χ1) is 15.2. The second-order valence-corrected chi connectivity index (χ2v) is 8.89. The van der Waals surface area contributed by atoms with Gasteiger partial charge in [-0.25, -0.2) is 19.6 Å². The molecule has 1 fully saturated rings. The van der Waals surface area contributed by atoms with E-state index in [4.69, 9.17) is 15.8 Å². The number of rotatable bonds is 3. The van der Waals surface area contributed by atoms with Gasteiger partial charge in [-0.05, 0) is 57.9 Å². The summed E-state index contributed by atoms with van der Waals surface area (Å²) in [4.78, 5) is 39.9. The van der Waals surface area contributed by atoms with Crippen LogP contribution in [-0.2, 0) is 9.63 Å². The van der Waals surface area contributed by atoms with Gasteiger partial charge in [-0.1, -0.05) is 0 Å². The van der Waals surface area contributed by atoms with Gasteiger partial charge < -0.3 is 10.6 Å². The highest BCUT2D eigenvalue weighted by Crippen LogP contribution is 2.28. The van der Waals surface area contributed by atoms with Crippen LogP contribution in [-0.4, -0.2) is 43.2 Å². The van der Waals surface area contributed by atoms with Crippen LogP contribution in [0.5, 0.6) is 0 Å². The van der Waals surface area contributed by atoms with Gasteiger partial charge in [0, 0.05) is 6.54 Å². The molecule has 0 radical (unpaired) electrons. The van der Waals surface area contributed by atoms with Crippen LogP contribution >= 0.6 is 0 Å². The predicted molar refractivity (Wildman–Crippen MR) is 118 cm³/mol. The van der Waals surface area contributed by atoms with E-state index in [1.54, 1.807) is 54.7 Å². The highest BCUT2D eigenvalue weighted by atomic mass is 16.7. The zero-order chi connectivity index (χ0) is 23.0. The summed E-state index contributed by atoms with van der Waals surface area (Å²) in [6.45, 7) is 6.35. The fourth-order valence-corrected chi connectivity index (χ4v) is 3.79. The molecule has 1 aromatic carbocycles. The van der Waals surface area contributed by atoms with Gasteiger partial charge in [-0.15, -0.1) is 5.06 Å². The van der Waals surface area contributed by atoms with E-state index in [9.17, 15) is 9.59 Å².